The lowest BCUT2D eigenvalue weighted by Crippen LogP contribution is -2.49. The Morgan fingerprint density at radius 2 is 1.71 bits per heavy atom. The summed E-state index contributed by atoms with van der Waals surface area (Å²) in [6, 6.07) is 12.0. The van der Waals surface area contributed by atoms with Crippen molar-refractivity contribution in [1.29, 1.82) is 0 Å². The average Bonchev–Trinajstić information content (AvgIpc) is 2.87. The largest absolute Gasteiger partial charge is 0.396 e. The van der Waals surface area contributed by atoms with Gasteiger partial charge in [0.1, 0.15) is 0 Å². The van der Waals surface area contributed by atoms with E-state index in [4.69, 9.17) is 0 Å². The lowest BCUT2D eigenvalue weighted by atomic mass is 9.93. The van der Waals surface area contributed by atoms with Gasteiger partial charge < -0.3 is 15.3 Å². The van der Waals surface area contributed by atoms with Crippen LogP contribution >= 0.6 is 0 Å². The van der Waals surface area contributed by atoms with Gasteiger partial charge in [-0.15, -0.1) is 0 Å². The Morgan fingerprint density at radius 3 is 2.46 bits per heavy atom. The summed E-state index contributed by atoms with van der Waals surface area (Å²) < 4.78 is 0. The zero-order chi connectivity index (χ0) is 16.6. The van der Waals surface area contributed by atoms with Crippen molar-refractivity contribution < 1.29 is 5.11 Å². The maximum atomic E-state index is 9.69. The summed E-state index contributed by atoms with van der Waals surface area (Å²) in [5.41, 5.74) is 1.45. The summed E-state index contributed by atoms with van der Waals surface area (Å²) in [5.74, 6) is 0.476. The lowest BCUT2D eigenvalue weighted by Gasteiger charge is -2.36. The van der Waals surface area contributed by atoms with Gasteiger partial charge in [-0.25, -0.2) is 0 Å². The van der Waals surface area contributed by atoms with E-state index in [0.29, 0.717) is 24.6 Å². The van der Waals surface area contributed by atoms with Crippen LogP contribution in [0.2, 0.25) is 0 Å². The number of likely N-dealkylation sites (tertiary alicyclic amines) is 1. The average molecular weight is 331 g/mol. The van der Waals surface area contributed by atoms with Crippen LogP contribution in [0.5, 0.6) is 0 Å². The molecule has 2 fully saturated rings. The number of piperidine rings is 1. The van der Waals surface area contributed by atoms with Crippen molar-refractivity contribution in [1.82, 2.24) is 10.2 Å². The molecular weight excluding hydrogens is 296 g/mol. The molecule has 2 N–H and O–H groups in total. The molecule has 2 unspecified atom stereocenters. The van der Waals surface area contributed by atoms with Crippen molar-refractivity contribution >= 4 is 0 Å². The van der Waals surface area contributed by atoms with E-state index >= 15 is 0 Å². The van der Waals surface area contributed by atoms with Crippen LogP contribution in [0.1, 0.15) is 50.5 Å². The highest BCUT2D eigenvalue weighted by Gasteiger charge is 2.27. The molecule has 1 heterocycles. The Kier molecular flexibility index (Phi) is 7.13. The number of rotatable bonds is 6. The molecule has 1 saturated heterocycles. The first-order chi connectivity index (χ1) is 11.8. The second-order valence-corrected chi connectivity index (χ2v) is 7.71. The Balaban J connectivity index is 1.40. The highest BCUT2D eigenvalue weighted by molar-refractivity contribution is 5.14. The van der Waals surface area contributed by atoms with Gasteiger partial charge in [0, 0.05) is 25.2 Å². The molecule has 0 bridgehead atoms. The smallest absolute Gasteiger partial charge is 0.0474 e. The van der Waals surface area contributed by atoms with Crippen molar-refractivity contribution in [2.75, 3.05) is 26.2 Å². The third-order valence-corrected chi connectivity index (χ3v) is 5.99. The molecule has 134 valence electrons. The Morgan fingerprint density at radius 1 is 0.958 bits per heavy atom. The van der Waals surface area contributed by atoms with E-state index in [-0.39, 0.29) is 0 Å². The van der Waals surface area contributed by atoms with Crippen LogP contribution in [0, 0.1) is 5.92 Å². The molecule has 3 rings (SSSR count). The van der Waals surface area contributed by atoms with E-state index in [1.807, 2.05) is 0 Å². The van der Waals surface area contributed by atoms with Crippen LogP contribution in [0.15, 0.2) is 30.3 Å². The molecule has 24 heavy (non-hydrogen) atoms. The van der Waals surface area contributed by atoms with Gasteiger partial charge in [-0.2, -0.15) is 0 Å². The predicted octanol–water partition coefficient (Wildman–Crippen LogP) is 3.22. The topological polar surface area (TPSA) is 35.5 Å². The normalized spacial score (nSPS) is 27.0. The molecule has 2 atom stereocenters. The summed E-state index contributed by atoms with van der Waals surface area (Å²) in [5, 5.41) is 13.6. The van der Waals surface area contributed by atoms with Crippen LogP contribution in [0.3, 0.4) is 0 Å². The highest BCUT2D eigenvalue weighted by Crippen LogP contribution is 2.24. The summed E-state index contributed by atoms with van der Waals surface area (Å²) in [4.78, 5) is 2.61. The van der Waals surface area contributed by atoms with Crippen LogP contribution in [0.4, 0.5) is 0 Å². The Hall–Kier alpha value is -0.900. The third-order valence-electron chi connectivity index (χ3n) is 5.99. The molecule has 1 aliphatic heterocycles. The fraction of sp³-hybridized carbons (Fsp3) is 0.714. The van der Waals surface area contributed by atoms with Gasteiger partial charge in [-0.1, -0.05) is 49.6 Å². The Labute approximate surface area is 147 Å². The molecule has 2 aliphatic rings. The number of hydrogen-bond acceptors (Lipinski definition) is 3. The monoisotopic (exact) mass is 330 g/mol. The van der Waals surface area contributed by atoms with Crippen LogP contribution in [0.25, 0.3) is 0 Å². The molecule has 1 aromatic carbocycles. The first-order valence-electron chi connectivity index (χ1n) is 9.98. The molecule has 1 aromatic rings. The van der Waals surface area contributed by atoms with E-state index in [2.05, 4.69) is 40.5 Å². The molecule has 0 aromatic heterocycles. The molecular formula is C21H34N2O. The third kappa shape index (κ3) is 5.30. The van der Waals surface area contributed by atoms with E-state index in [0.717, 1.165) is 6.42 Å². The molecule has 0 spiro atoms. The highest BCUT2D eigenvalue weighted by atomic mass is 16.3. The van der Waals surface area contributed by atoms with Crippen molar-refractivity contribution in [3.05, 3.63) is 35.9 Å². The fourth-order valence-electron chi connectivity index (χ4n) is 4.38. The molecule has 3 heteroatoms. The van der Waals surface area contributed by atoms with Gasteiger partial charge in [0.05, 0.1) is 0 Å². The van der Waals surface area contributed by atoms with Gasteiger partial charge in [0.15, 0.2) is 0 Å². The standard InChI is InChI=1S/C21H34N2O/c24-17-19-9-5-2-6-10-21(19)22-20-12-15-23(16-13-20)14-11-18-7-3-1-4-8-18/h1,3-4,7-8,19-22,24H,2,5-6,9-17H2. The maximum Gasteiger partial charge on any atom is 0.0474 e. The minimum atomic E-state index is 0.355. The first kappa shape index (κ1) is 17.9. The van der Waals surface area contributed by atoms with Gasteiger partial charge in [0.2, 0.25) is 0 Å². The predicted molar refractivity (Wildman–Crippen MR) is 100 cm³/mol. The zero-order valence-electron chi connectivity index (χ0n) is 15.0. The van der Waals surface area contributed by atoms with Crippen molar-refractivity contribution in [3.8, 4) is 0 Å². The van der Waals surface area contributed by atoms with E-state index < -0.39 is 0 Å². The maximum absolute atomic E-state index is 9.69. The number of benzene rings is 1. The Bertz CT molecular complexity index is 456. The minimum absolute atomic E-state index is 0.355. The lowest BCUT2D eigenvalue weighted by molar-refractivity contribution is 0.149. The van der Waals surface area contributed by atoms with Gasteiger partial charge in [-0.3, -0.25) is 0 Å². The van der Waals surface area contributed by atoms with E-state index in [9.17, 15) is 5.11 Å². The molecule has 0 amide bonds. The summed E-state index contributed by atoms with van der Waals surface area (Å²) in [7, 11) is 0. The molecule has 0 radical (unpaired) electrons. The van der Waals surface area contributed by atoms with Gasteiger partial charge in [-0.05, 0) is 56.7 Å². The van der Waals surface area contributed by atoms with Crippen molar-refractivity contribution in [2.45, 2.75) is 63.5 Å². The molecule has 3 nitrogen and oxygen atoms in total. The molecule has 1 saturated carbocycles. The van der Waals surface area contributed by atoms with Gasteiger partial charge in [0.25, 0.3) is 0 Å². The quantitative estimate of drug-likeness (QED) is 0.786. The van der Waals surface area contributed by atoms with Crippen LogP contribution in [-0.2, 0) is 6.42 Å². The van der Waals surface area contributed by atoms with Crippen molar-refractivity contribution in [2.24, 2.45) is 5.92 Å². The van der Waals surface area contributed by atoms with Crippen LogP contribution in [-0.4, -0.2) is 48.3 Å². The van der Waals surface area contributed by atoms with E-state index in [1.165, 1.54) is 70.1 Å². The first-order valence-corrected chi connectivity index (χ1v) is 9.98. The number of nitrogens with zero attached hydrogens (tertiary/aromatic N) is 1. The van der Waals surface area contributed by atoms with Gasteiger partial charge >= 0.3 is 0 Å². The second-order valence-electron chi connectivity index (χ2n) is 7.71. The SMILES string of the molecule is OCC1CCCCCC1NC1CCN(CCc2ccccc2)CC1. The summed E-state index contributed by atoms with van der Waals surface area (Å²) >= 11 is 0. The summed E-state index contributed by atoms with van der Waals surface area (Å²) in [6.45, 7) is 3.95. The number of aliphatic hydroxyl groups is 1. The number of nitrogens with one attached hydrogen (secondary N) is 1. The summed E-state index contributed by atoms with van der Waals surface area (Å²) in [6.07, 6.45) is 10.1. The minimum Gasteiger partial charge on any atom is -0.396 e. The van der Waals surface area contributed by atoms with E-state index in [1.54, 1.807) is 0 Å². The number of hydrogen-bond donors (Lipinski definition) is 2. The number of aliphatic hydroxyl groups excluding tert-OH is 1. The molecule has 1 aliphatic carbocycles. The van der Waals surface area contributed by atoms with Crippen molar-refractivity contribution in [3.63, 3.8) is 0 Å². The second kappa shape index (κ2) is 9.55. The zero-order valence-corrected chi connectivity index (χ0v) is 15.0. The van der Waals surface area contributed by atoms with Crippen LogP contribution < -0.4 is 5.32 Å². The fourth-order valence-corrected chi connectivity index (χ4v) is 4.38.